The van der Waals surface area contributed by atoms with Crippen LogP contribution in [0.5, 0.6) is 0 Å². The highest BCUT2D eigenvalue weighted by Gasteiger charge is 2.40. The van der Waals surface area contributed by atoms with E-state index in [1.807, 2.05) is 0 Å². The van der Waals surface area contributed by atoms with E-state index >= 15 is 0 Å². The van der Waals surface area contributed by atoms with Crippen molar-refractivity contribution in [2.75, 3.05) is 71.2 Å². The maximum atomic E-state index is 12.7. The smallest absolute Gasteiger partial charge is 0.251 e. The van der Waals surface area contributed by atoms with Crippen LogP contribution >= 0.6 is 0 Å². The summed E-state index contributed by atoms with van der Waals surface area (Å²) >= 11 is 0. The number of carbonyl (C=O) groups is 1. The summed E-state index contributed by atoms with van der Waals surface area (Å²) in [4.78, 5) is 27.4. The Morgan fingerprint density at radius 1 is 1.12 bits per heavy atom. The van der Waals surface area contributed by atoms with E-state index in [-0.39, 0.29) is 18.1 Å². The van der Waals surface area contributed by atoms with Gasteiger partial charge in [0.15, 0.2) is 17.6 Å². The lowest BCUT2D eigenvalue weighted by Gasteiger charge is -2.24. The number of amides is 1. The predicted molar refractivity (Wildman–Crippen MR) is 122 cm³/mol. The number of nitrogens with zero attached hydrogens (tertiary/aromatic N) is 5. The van der Waals surface area contributed by atoms with E-state index in [1.165, 1.54) is 6.33 Å². The van der Waals surface area contributed by atoms with Crippen molar-refractivity contribution in [1.82, 2.24) is 45.7 Å². The van der Waals surface area contributed by atoms with Crippen molar-refractivity contribution in [3.05, 3.63) is 12.7 Å². The molecular formula is C20H34N10O3. The number of aliphatic hydroxyl groups is 1. The van der Waals surface area contributed by atoms with E-state index in [2.05, 4.69) is 41.1 Å². The highest BCUT2D eigenvalue weighted by Crippen LogP contribution is 2.31. The summed E-state index contributed by atoms with van der Waals surface area (Å²) in [5.41, 5.74) is 6.82. The normalized spacial score (nSPS) is 26.0. The fourth-order valence-electron chi connectivity index (χ4n) is 4.12. The van der Waals surface area contributed by atoms with Crippen LogP contribution in [-0.4, -0.2) is 113 Å². The summed E-state index contributed by atoms with van der Waals surface area (Å²) in [6, 6.07) is 0. The molecule has 13 nitrogen and oxygen atoms in total. The average Bonchev–Trinajstić information content (AvgIpc) is 3.39. The Morgan fingerprint density at radius 3 is 2.55 bits per heavy atom. The van der Waals surface area contributed by atoms with Crippen LogP contribution in [0.2, 0.25) is 0 Å². The lowest BCUT2D eigenvalue weighted by atomic mass is 10.1. The predicted octanol–water partition coefficient (Wildman–Crippen LogP) is -2.74. The maximum Gasteiger partial charge on any atom is 0.251 e. The topological polar surface area (TPSA) is 168 Å². The molecule has 3 atom stereocenters. The molecule has 182 valence electrons. The summed E-state index contributed by atoms with van der Waals surface area (Å²) in [6.45, 7) is 8.60. The quantitative estimate of drug-likeness (QED) is 0.273. The van der Waals surface area contributed by atoms with Crippen LogP contribution < -0.4 is 27.0 Å². The Kier molecular flexibility index (Phi) is 8.36. The Morgan fingerprint density at radius 2 is 1.82 bits per heavy atom. The van der Waals surface area contributed by atoms with E-state index in [0.717, 1.165) is 58.9 Å². The number of ether oxygens (including phenoxy) is 1. The number of nitrogens with one attached hydrogen (secondary N) is 4. The summed E-state index contributed by atoms with van der Waals surface area (Å²) in [5, 5.41) is 23.6. The van der Waals surface area contributed by atoms with Gasteiger partial charge < -0.3 is 36.8 Å². The van der Waals surface area contributed by atoms with Gasteiger partial charge in [0.05, 0.1) is 12.4 Å². The van der Waals surface area contributed by atoms with E-state index < -0.39 is 18.4 Å². The van der Waals surface area contributed by atoms with Gasteiger partial charge in [-0.3, -0.25) is 14.3 Å². The molecule has 0 unspecified atom stereocenters. The Balaban J connectivity index is 1.27. The number of fused-ring (bicyclic) bond motifs is 1. The Bertz CT molecular complexity index is 897. The molecular weight excluding hydrogens is 428 g/mol. The molecule has 2 saturated heterocycles. The summed E-state index contributed by atoms with van der Waals surface area (Å²) in [5.74, 6) is -0.0457. The molecule has 33 heavy (non-hydrogen) atoms. The second kappa shape index (κ2) is 11.6. The first-order valence-corrected chi connectivity index (χ1v) is 11.5. The van der Waals surface area contributed by atoms with Gasteiger partial charge in [0, 0.05) is 71.9 Å². The number of nitrogen functional groups attached to an aromatic ring is 1. The molecule has 7 N–H and O–H groups in total. The van der Waals surface area contributed by atoms with Crippen molar-refractivity contribution < 1.29 is 14.6 Å². The van der Waals surface area contributed by atoms with Crippen molar-refractivity contribution in [1.29, 1.82) is 0 Å². The number of nitrogens with two attached hydrogens (primary N) is 1. The van der Waals surface area contributed by atoms with E-state index in [9.17, 15) is 9.90 Å². The lowest BCUT2D eigenvalue weighted by molar-refractivity contribution is -0.137. The fraction of sp³-hybridized carbons (Fsp3) is 0.700. The number of hydrogen-bond acceptors (Lipinski definition) is 11. The molecule has 0 bridgehead atoms. The zero-order valence-corrected chi connectivity index (χ0v) is 18.7. The van der Waals surface area contributed by atoms with Crippen LogP contribution in [-0.2, 0) is 9.53 Å². The lowest BCUT2D eigenvalue weighted by Crippen LogP contribution is -2.46. The van der Waals surface area contributed by atoms with Crippen molar-refractivity contribution >= 4 is 22.9 Å². The molecule has 0 radical (unpaired) electrons. The number of carbonyl (C=O) groups excluding carboxylic acids is 1. The first-order valence-electron chi connectivity index (χ1n) is 11.5. The number of aromatic nitrogens is 4. The molecule has 0 spiro atoms. The van der Waals surface area contributed by atoms with Crippen molar-refractivity contribution in [3.8, 4) is 0 Å². The summed E-state index contributed by atoms with van der Waals surface area (Å²) in [6.07, 6.45) is 0.722. The largest absolute Gasteiger partial charge is 0.390 e. The van der Waals surface area contributed by atoms with Crippen LogP contribution in [0.4, 0.5) is 5.82 Å². The number of rotatable bonds is 5. The molecule has 1 amide bonds. The zero-order valence-electron chi connectivity index (χ0n) is 18.7. The molecule has 0 saturated carbocycles. The fourth-order valence-corrected chi connectivity index (χ4v) is 4.12. The molecule has 0 aliphatic carbocycles. The van der Waals surface area contributed by atoms with Gasteiger partial charge in [-0.15, -0.1) is 0 Å². The average molecular weight is 463 g/mol. The van der Waals surface area contributed by atoms with Gasteiger partial charge in [-0.25, -0.2) is 15.0 Å². The summed E-state index contributed by atoms with van der Waals surface area (Å²) < 4.78 is 7.56. The van der Waals surface area contributed by atoms with Crippen molar-refractivity contribution in [2.24, 2.45) is 0 Å². The third-order valence-corrected chi connectivity index (χ3v) is 5.95. The first-order chi connectivity index (χ1) is 16.1. The summed E-state index contributed by atoms with van der Waals surface area (Å²) in [7, 11) is 0. The standard InChI is InChI=1S/C20H34N10O3/c21-18-16-19(27-12-26-18)30(13-28-16)15-11-14(31)17(33-15)20(32)25-7-10-29-8-5-23-3-1-22-2-4-24-6-9-29/h12-15,17,22-24,31H,1-11H2,(H,25,32)(H2,21,26,27)/t14-,15+,17-/m0/s1. The monoisotopic (exact) mass is 462 g/mol. The van der Waals surface area contributed by atoms with Gasteiger partial charge in [0.1, 0.15) is 18.1 Å². The van der Waals surface area contributed by atoms with E-state index in [4.69, 9.17) is 10.5 Å². The molecule has 2 aromatic rings. The van der Waals surface area contributed by atoms with Gasteiger partial charge in [0.25, 0.3) is 5.91 Å². The Labute approximate surface area is 192 Å². The van der Waals surface area contributed by atoms with E-state index in [1.54, 1.807) is 10.9 Å². The van der Waals surface area contributed by atoms with Gasteiger partial charge in [-0.1, -0.05) is 0 Å². The molecule has 2 fully saturated rings. The zero-order chi connectivity index (χ0) is 23.0. The molecule has 0 aromatic carbocycles. The first kappa shape index (κ1) is 23.7. The second-order valence-electron chi connectivity index (χ2n) is 8.28. The van der Waals surface area contributed by atoms with Crippen molar-refractivity contribution in [2.45, 2.75) is 24.9 Å². The number of imidazole rings is 1. The Hall–Kier alpha value is -2.42. The minimum absolute atomic E-state index is 0.256. The highest BCUT2D eigenvalue weighted by molar-refractivity contribution is 5.82. The van der Waals surface area contributed by atoms with Gasteiger partial charge in [-0.05, 0) is 0 Å². The highest BCUT2D eigenvalue weighted by atomic mass is 16.5. The molecule has 2 aliphatic heterocycles. The van der Waals surface area contributed by atoms with Gasteiger partial charge >= 0.3 is 0 Å². The van der Waals surface area contributed by atoms with Crippen LogP contribution in [0.3, 0.4) is 0 Å². The molecule has 2 aromatic heterocycles. The van der Waals surface area contributed by atoms with Crippen LogP contribution in [0.1, 0.15) is 12.6 Å². The van der Waals surface area contributed by atoms with Crippen LogP contribution in [0.15, 0.2) is 12.7 Å². The number of hydrogen-bond donors (Lipinski definition) is 6. The number of anilines is 1. The van der Waals surface area contributed by atoms with Crippen LogP contribution in [0.25, 0.3) is 11.2 Å². The second-order valence-corrected chi connectivity index (χ2v) is 8.28. The molecule has 4 rings (SSSR count). The number of aliphatic hydroxyl groups excluding tert-OH is 1. The van der Waals surface area contributed by atoms with Gasteiger partial charge in [-0.2, -0.15) is 0 Å². The molecule has 4 heterocycles. The van der Waals surface area contributed by atoms with Crippen LogP contribution in [0, 0.1) is 0 Å². The maximum absolute atomic E-state index is 12.7. The van der Waals surface area contributed by atoms with E-state index in [0.29, 0.717) is 17.7 Å². The van der Waals surface area contributed by atoms with Crippen molar-refractivity contribution in [3.63, 3.8) is 0 Å². The minimum atomic E-state index is -0.950. The molecule has 13 heteroatoms. The minimum Gasteiger partial charge on any atom is -0.390 e. The van der Waals surface area contributed by atoms with Gasteiger partial charge in [0.2, 0.25) is 0 Å². The SMILES string of the molecule is Nc1ncnc2c1ncn2[C@H]1C[C@H](O)[C@@H](C(=O)NCCN2CCNCCNCCNCC2)O1. The molecule has 2 aliphatic rings. The third kappa shape index (κ3) is 6.13. The third-order valence-electron chi connectivity index (χ3n) is 5.95.